The molecule has 1 aliphatic rings. The number of aromatic nitrogens is 2. The predicted octanol–water partition coefficient (Wildman–Crippen LogP) is 0.473. The molecule has 4 heteroatoms. The number of rotatable bonds is 1. The number of nitrogens with two attached hydrogens (primary N) is 1. The van der Waals surface area contributed by atoms with Crippen molar-refractivity contribution in [1.82, 2.24) is 14.8 Å². The van der Waals surface area contributed by atoms with Gasteiger partial charge in [0, 0.05) is 32.3 Å². The monoisotopic (exact) mass is 180 g/mol. The van der Waals surface area contributed by atoms with Crippen molar-refractivity contribution in [1.29, 1.82) is 0 Å². The van der Waals surface area contributed by atoms with E-state index in [0.717, 1.165) is 25.9 Å². The van der Waals surface area contributed by atoms with Gasteiger partial charge in [0.25, 0.3) is 0 Å². The Balaban J connectivity index is 2.02. The minimum absolute atomic E-state index is 0.612. The van der Waals surface area contributed by atoms with Gasteiger partial charge in [-0.15, -0.1) is 0 Å². The van der Waals surface area contributed by atoms with Gasteiger partial charge < -0.3 is 0 Å². The van der Waals surface area contributed by atoms with E-state index in [1.54, 1.807) is 0 Å². The van der Waals surface area contributed by atoms with Crippen LogP contribution in [0.1, 0.15) is 24.5 Å². The molecule has 4 nitrogen and oxygen atoms in total. The molecule has 0 amide bonds. The van der Waals surface area contributed by atoms with Crippen LogP contribution in [0.25, 0.3) is 0 Å². The van der Waals surface area contributed by atoms with Crippen LogP contribution < -0.4 is 5.84 Å². The summed E-state index contributed by atoms with van der Waals surface area (Å²) in [7, 11) is 1.96. The van der Waals surface area contributed by atoms with Crippen molar-refractivity contribution in [2.75, 3.05) is 13.1 Å². The van der Waals surface area contributed by atoms with E-state index in [4.69, 9.17) is 5.84 Å². The first-order valence-corrected chi connectivity index (χ1v) is 4.75. The Morgan fingerprint density at radius 2 is 2.15 bits per heavy atom. The summed E-state index contributed by atoms with van der Waals surface area (Å²) in [5, 5.41) is 6.31. The van der Waals surface area contributed by atoms with Crippen molar-refractivity contribution in [2.45, 2.75) is 18.8 Å². The number of hydrogen-bond acceptors (Lipinski definition) is 3. The molecule has 0 aliphatic carbocycles. The number of aryl methyl sites for hydroxylation is 1. The normalized spacial score (nSPS) is 20.8. The molecule has 0 radical (unpaired) electrons. The highest BCUT2D eigenvalue weighted by molar-refractivity contribution is 5.07. The number of hydrazine groups is 1. The summed E-state index contributed by atoms with van der Waals surface area (Å²) in [4.78, 5) is 0. The highest BCUT2D eigenvalue weighted by Crippen LogP contribution is 2.24. The molecule has 0 spiro atoms. The number of nitrogens with zero attached hydrogens (tertiary/aromatic N) is 3. The van der Waals surface area contributed by atoms with Gasteiger partial charge in [-0.3, -0.25) is 10.5 Å². The Hall–Kier alpha value is -0.870. The molecule has 13 heavy (non-hydrogen) atoms. The SMILES string of the molecule is Cn1ccc(C2CCN(N)CC2)n1. The molecule has 1 aromatic rings. The van der Waals surface area contributed by atoms with Gasteiger partial charge in [-0.2, -0.15) is 5.10 Å². The Morgan fingerprint density at radius 3 is 2.69 bits per heavy atom. The topological polar surface area (TPSA) is 47.1 Å². The van der Waals surface area contributed by atoms with Crippen molar-refractivity contribution in [3.8, 4) is 0 Å². The van der Waals surface area contributed by atoms with E-state index in [2.05, 4.69) is 11.2 Å². The van der Waals surface area contributed by atoms with Crippen LogP contribution in [0.3, 0.4) is 0 Å². The summed E-state index contributed by atoms with van der Waals surface area (Å²) in [5.41, 5.74) is 1.22. The molecular formula is C9H16N4. The second-order valence-electron chi connectivity index (χ2n) is 3.72. The minimum atomic E-state index is 0.612. The lowest BCUT2D eigenvalue weighted by atomic mass is 9.95. The van der Waals surface area contributed by atoms with E-state index in [0.29, 0.717) is 5.92 Å². The average molecular weight is 180 g/mol. The van der Waals surface area contributed by atoms with Gasteiger partial charge >= 0.3 is 0 Å². The molecular weight excluding hydrogens is 164 g/mol. The van der Waals surface area contributed by atoms with Crippen molar-refractivity contribution in [2.24, 2.45) is 12.9 Å². The molecule has 0 atom stereocenters. The van der Waals surface area contributed by atoms with Crippen LogP contribution in [-0.2, 0) is 7.05 Å². The third kappa shape index (κ3) is 1.89. The lowest BCUT2D eigenvalue weighted by Crippen LogP contribution is -2.38. The standard InChI is InChI=1S/C9H16N4/c1-12-5-4-9(11-12)8-2-6-13(10)7-3-8/h4-5,8H,2-3,6-7,10H2,1H3. The average Bonchev–Trinajstić information content (AvgIpc) is 2.53. The molecule has 0 unspecified atom stereocenters. The molecule has 2 heterocycles. The second kappa shape index (κ2) is 3.47. The maximum absolute atomic E-state index is 5.69. The summed E-state index contributed by atoms with van der Waals surface area (Å²) in [5.74, 6) is 6.30. The summed E-state index contributed by atoms with van der Waals surface area (Å²) in [6.45, 7) is 1.97. The van der Waals surface area contributed by atoms with E-state index in [9.17, 15) is 0 Å². The molecule has 72 valence electrons. The van der Waals surface area contributed by atoms with Crippen LogP contribution in [0.2, 0.25) is 0 Å². The van der Waals surface area contributed by atoms with Gasteiger partial charge in [-0.05, 0) is 18.9 Å². The third-order valence-electron chi connectivity index (χ3n) is 2.68. The summed E-state index contributed by atoms with van der Waals surface area (Å²) < 4.78 is 1.87. The van der Waals surface area contributed by atoms with Gasteiger partial charge in [-0.25, -0.2) is 5.01 Å². The Bertz CT molecular complexity index is 273. The van der Waals surface area contributed by atoms with Crippen molar-refractivity contribution in [3.05, 3.63) is 18.0 Å². The molecule has 0 saturated carbocycles. The van der Waals surface area contributed by atoms with E-state index in [-0.39, 0.29) is 0 Å². The summed E-state index contributed by atoms with van der Waals surface area (Å²) >= 11 is 0. The predicted molar refractivity (Wildman–Crippen MR) is 50.9 cm³/mol. The summed E-state index contributed by atoms with van der Waals surface area (Å²) in [6.07, 6.45) is 4.27. The molecule has 1 saturated heterocycles. The first-order chi connectivity index (χ1) is 6.25. The van der Waals surface area contributed by atoms with Crippen LogP contribution in [-0.4, -0.2) is 27.9 Å². The van der Waals surface area contributed by atoms with Gasteiger partial charge in [0.15, 0.2) is 0 Å². The molecule has 1 aliphatic heterocycles. The quantitative estimate of drug-likeness (QED) is 0.639. The van der Waals surface area contributed by atoms with E-state index in [1.807, 2.05) is 22.9 Å². The van der Waals surface area contributed by atoms with E-state index >= 15 is 0 Å². The second-order valence-corrected chi connectivity index (χ2v) is 3.72. The van der Waals surface area contributed by atoms with Crippen LogP contribution in [0.15, 0.2) is 12.3 Å². The van der Waals surface area contributed by atoms with Crippen LogP contribution in [0, 0.1) is 0 Å². The Morgan fingerprint density at radius 1 is 1.46 bits per heavy atom. The lowest BCUT2D eigenvalue weighted by Gasteiger charge is -2.27. The van der Waals surface area contributed by atoms with Crippen LogP contribution >= 0.6 is 0 Å². The molecule has 2 N–H and O–H groups in total. The molecule has 2 rings (SSSR count). The number of piperidine rings is 1. The van der Waals surface area contributed by atoms with Gasteiger partial charge in [0.2, 0.25) is 0 Å². The zero-order chi connectivity index (χ0) is 9.26. The molecule has 1 fully saturated rings. The Kier molecular flexibility index (Phi) is 2.33. The molecule has 1 aromatic heterocycles. The van der Waals surface area contributed by atoms with Gasteiger partial charge in [-0.1, -0.05) is 0 Å². The van der Waals surface area contributed by atoms with E-state index < -0.39 is 0 Å². The largest absolute Gasteiger partial charge is 0.276 e. The first-order valence-electron chi connectivity index (χ1n) is 4.75. The van der Waals surface area contributed by atoms with Gasteiger partial charge in [0.05, 0.1) is 5.69 Å². The maximum atomic E-state index is 5.69. The maximum Gasteiger partial charge on any atom is 0.0656 e. The Labute approximate surface area is 78.3 Å². The summed E-state index contributed by atoms with van der Waals surface area (Å²) in [6, 6.07) is 2.11. The fraction of sp³-hybridized carbons (Fsp3) is 0.667. The van der Waals surface area contributed by atoms with Gasteiger partial charge in [0.1, 0.15) is 0 Å². The lowest BCUT2D eigenvalue weighted by molar-refractivity contribution is 0.215. The first kappa shape index (κ1) is 8.72. The fourth-order valence-electron chi connectivity index (χ4n) is 1.85. The third-order valence-corrected chi connectivity index (χ3v) is 2.68. The smallest absolute Gasteiger partial charge is 0.0656 e. The zero-order valence-electron chi connectivity index (χ0n) is 7.98. The van der Waals surface area contributed by atoms with Crippen molar-refractivity contribution in [3.63, 3.8) is 0 Å². The van der Waals surface area contributed by atoms with Crippen molar-refractivity contribution >= 4 is 0 Å². The highest BCUT2D eigenvalue weighted by atomic mass is 15.4. The van der Waals surface area contributed by atoms with Crippen LogP contribution in [0.4, 0.5) is 0 Å². The zero-order valence-corrected chi connectivity index (χ0v) is 7.98. The minimum Gasteiger partial charge on any atom is -0.276 e. The van der Waals surface area contributed by atoms with Crippen molar-refractivity contribution < 1.29 is 0 Å². The highest BCUT2D eigenvalue weighted by Gasteiger charge is 2.20. The van der Waals surface area contributed by atoms with E-state index in [1.165, 1.54) is 5.69 Å². The van der Waals surface area contributed by atoms with Crippen LogP contribution in [0.5, 0.6) is 0 Å². The number of hydrogen-bond donors (Lipinski definition) is 1. The fourth-order valence-corrected chi connectivity index (χ4v) is 1.85. The molecule has 0 aromatic carbocycles. The molecule has 0 bridgehead atoms.